The summed E-state index contributed by atoms with van der Waals surface area (Å²) in [5.41, 5.74) is 0.806. The number of benzene rings is 1. The highest BCUT2D eigenvalue weighted by Crippen LogP contribution is 2.42. The maximum Gasteiger partial charge on any atom is 0.316 e. The number of rotatable bonds is 5. The van der Waals surface area contributed by atoms with E-state index in [1.807, 2.05) is 30.3 Å². The Morgan fingerprint density at radius 3 is 2.43 bits per heavy atom. The number of nitrogens with zero attached hydrogens (tertiary/aromatic N) is 1. The SMILES string of the molecule is C[N+]1(CCl)[C@@H]2CC[C@H]1CC(OC(=O)[C@H](CO)c1ccccc1)C2. The third-order valence-electron chi connectivity index (χ3n) is 5.78. The van der Waals surface area contributed by atoms with Crippen LogP contribution in [0.4, 0.5) is 0 Å². The number of esters is 1. The summed E-state index contributed by atoms with van der Waals surface area (Å²) in [6.07, 6.45) is 4.01. The van der Waals surface area contributed by atoms with E-state index in [0.29, 0.717) is 18.1 Å². The van der Waals surface area contributed by atoms with Crippen LogP contribution >= 0.6 is 11.6 Å². The van der Waals surface area contributed by atoms with Crippen LogP contribution in [0.2, 0.25) is 0 Å². The predicted molar refractivity (Wildman–Crippen MR) is 89.1 cm³/mol. The van der Waals surface area contributed by atoms with Gasteiger partial charge in [-0.25, -0.2) is 0 Å². The van der Waals surface area contributed by atoms with E-state index in [1.54, 1.807) is 0 Å². The van der Waals surface area contributed by atoms with Gasteiger partial charge >= 0.3 is 5.97 Å². The Morgan fingerprint density at radius 2 is 1.91 bits per heavy atom. The number of aliphatic hydroxyl groups excluding tert-OH is 1. The number of hydrogen-bond donors (Lipinski definition) is 1. The summed E-state index contributed by atoms with van der Waals surface area (Å²) in [6, 6.07) is 10.9. The highest BCUT2D eigenvalue weighted by molar-refractivity contribution is 6.17. The minimum atomic E-state index is -0.593. The molecule has 5 atom stereocenters. The van der Waals surface area contributed by atoms with E-state index < -0.39 is 5.92 Å². The molecule has 0 aliphatic carbocycles. The molecule has 126 valence electrons. The highest BCUT2D eigenvalue weighted by atomic mass is 35.5. The second-order valence-corrected chi connectivity index (χ2v) is 7.27. The number of aliphatic hydroxyl groups is 1. The molecule has 2 aliphatic heterocycles. The fourth-order valence-electron chi connectivity index (χ4n) is 4.23. The van der Waals surface area contributed by atoms with E-state index in [0.717, 1.165) is 35.7 Å². The van der Waals surface area contributed by atoms with E-state index in [-0.39, 0.29) is 18.7 Å². The summed E-state index contributed by atoms with van der Waals surface area (Å²) in [5, 5.41) is 9.60. The lowest BCUT2D eigenvalue weighted by Crippen LogP contribution is -2.58. The third kappa shape index (κ3) is 3.12. The van der Waals surface area contributed by atoms with Crippen LogP contribution in [0.3, 0.4) is 0 Å². The molecular weight excluding hydrogens is 314 g/mol. The van der Waals surface area contributed by atoms with E-state index in [9.17, 15) is 9.90 Å². The fourth-order valence-corrected chi connectivity index (χ4v) is 4.62. The van der Waals surface area contributed by atoms with Crippen molar-refractivity contribution in [2.75, 3.05) is 19.7 Å². The summed E-state index contributed by atoms with van der Waals surface area (Å²) in [6.45, 7) is -0.224. The van der Waals surface area contributed by atoms with E-state index in [4.69, 9.17) is 16.3 Å². The number of hydrogen-bond acceptors (Lipinski definition) is 3. The topological polar surface area (TPSA) is 46.5 Å². The monoisotopic (exact) mass is 338 g/mol. The Bertz CT molecular complexity index is 536. The Hall–Kier alpha value is -1.10. The molecule has 5 heteroatoms. The molecule has 0 radical (unpaired) electrons. The Morgan fingerprint density at radius 1 is 1.30 bits per heavy atom. The molecule has 4 nitrogen and oxygen atoms in total. The predicted octanol–water partition coefficient (Wildman–Crippen LogP) is 2.64. The molecule has 23 heavy (non-hydrogen) atoms. The Kier molecular flexibility index (Phi) is 4.95. The molecule has 2 saturated heterocycles. The van der Waals surface area contributed by atoms with Gasteiger partial charge in [0.15, 0.2) is 6.00 Å². The average molecular weight is 339 g/mol. The summed E-state index contributed by atoms with van der Waals surface area (Å²) in [7, 11) is 2.22. The third-order valence-corrected chi connectivity index (χ3v) is 6.30. The van der Waals surface area contributed by atoms with Crippen LogP contribution in [0, 0.1) is 0 Å². The van der Waals surface area contributed by atoms with Crippen LogP contribution in [0.1, 0.15) is 37.2 Å². The van der Waals surface area contributed by atoms with Gasteiger partial charge in [-0.2, -0.15) is 0 Å². The first kappa shape index (κ1) is 16.7. The minimum Gasteiger partial charge on any atom is -0.461 e. The lowest BCUT2D eigenvalue weighted by atomic mass is 9.96. The maximum atomic E-state index is 12.5. The van der Waals surface area contributed by atoms with Gasteiger partial charge in [-0.15, -0.1) is 0 Å². The van der Waals surface area contributed by atoms with Crippen molar-refractivity contribution in [1.82, 2.24) is 0 Å². The summed E-state index contributed by atoms with van der Waals surface area (Å²) < 4.78 is 6.67. The van der Waals surface area contributed by atoms with Crippen LogP contribution in [-0.2, 0) is 9.53 Å². The van der Waals surface area contributed by atoms with Gasteiger partial charge in [-0.1, -0.05) is 41.9 Å². The van der Waals surface area contributed by atoms with Gasteiger partial charge < -0.3 is 14.3 Å². The van der Waals surface area contributed by atoms with Gasteiger partial charge in [-0.3, -0.25) is 4.79 Å². The van der Waals surface area contributed by atoms with Crippen molar-refractivity contribution in [3.63, 3.8) is 0 Å². The first-order valence-corrected chi connectivity index (χ1v) is 8.89. The largest absolute Gasteiger partial charge is 0.461 e. The lowest BCUT2D eigenvalue weighted by molar-refractivity contribution is -0.939. The van der Waals surface area contributed by atoms with Gasteiger partial charge in [0.25, 0.3) is 0 Å². The first-order chi connectivity index (χ1) is 11.1. The maximum absolute atomic E-state index is 12.5. The van der Waals surface area contributed by atoms with Gasteiger partial charge in [-0.05, 0) is 5.56 Å². The molecule has 1 N–H and O–H groups in total. The smallest absolute Gasteiger partial charge is 0.316 e. The van der Waals surface area contributed by atoms with Crippen molar-refractivity contribution in [2.24, 2.45) is 0 Å². The molecule has 3 rings (SSSR count). The van der Waals surface area contributed by atoms with Crippen molar-refractivity contribution in [3.8, 4) is 0 Å². The molecule has 2 unspecified atom stereocenters. The molecule has 2 heterocycles. The number of piperidine rings is 1. The van der Waals surface area contributed by atoms with Crippen molar-refractivity contribution in [1.29, 1.82) is 0 Å². The number of carbonyl (C=O) groups is 1. The van der Waals surface area contributed by atoms with Gasteiger partial charge in [0, 0.05) is 25.7 Å². The number of halogens is 1. The molecular formula is C18H25ClNO3+. The van der Waals surface area contributed by atoms with Gasteiger partial charge in [0.1, 0.15) is 12.0 Å². The lowest BCUT2D eigenvalue weighted by Gasteiger charge is -2.45. The fraction of sp³-hybridized carbons (Fsp3) is 0.611. The number of ether oxygens (including phenoxy) is 1. The summed E-state index contributed by atoms with van der Waals surface area (Å²) in [5.74, 6) is -0.908. The summed E-state index contributed by atoms with van der Waals surface area (Å²) >= 11 is 6.19. The average Bonchev–Trinajstić information content (AvgIpc) is 2.74. The number of quaternary nitrogens is 1. The number of alkyl halides is 1. The Labute approximate surface area is 142 Å². The molecule has 0 aromatic heterocycles. The molecule has 0 saturated carbocycles. The second-order valence-electron chi connectivity index (χ2n) is 7.03. The first-order valence-electron chi connectivity index (χ1n) is 8.35. The van der Waals surface area contributed by atoms with Crippen LogP contribution < -0.4 is 0 Å². The van der Waals surface area contributed by atoms with E-state index in [2.05, 4.69) is 7.05 Å². The Balaban J connectivity index is 1.65. The molecule has 2 aliphatic rings. The zero-order valence-corrected chi connectivity index (χ0v) is 14.3. The normalized spacial score (nSPS) is 34.1. The molecule has 0 spiro atoms. The quantitative estimate of drug-likeness (QED) is 0.388. The van der Waals surface area contributed by atoms with Crippen LogP contribution in [0.15, 0.2) is 30.3 Å². The second kappa shape index (κ2) is 6.80. The molecule has 1 aromatic carbocycles. The van der Waals surface area contributed by atoms with Crippen LogP contribution in [0.5, 0.6) is 0 Å². The van der Waals surface area contributed by atoms with Crippen molar-refractivity contribution in [2.45, 2.75) is 49.8 Å². The van der Waals surface area contributed by atoms with E-state index >= 15 is 0 Å². The van der Waals surface area contributed by atoms with Crippen LogP contribution in [0.25, 0.3) is 0 Å². The zero-order chi connectivity index (χ0) is 16.4. The van der Waals surface area contributed by atoms with E-state index in [1.165, 1.54) is 0 Å². The number of fused-ring (bicyclic) bond motifs is 2. The highest BCUT2D eigenvalue weighted by Gasteiger charge is 2.52. The summed E-state index contributed by atoms with van der Waals surface area (Å²) in [4.78, 5) is 12.5. The van der Waals surface area contributed by atoms with Crippen molar-refractivity contribution >= 4 is 17.6 Å². The molecule has 2 fully saturated rings. The molecule has 1 aromatic rings. The van der Waals surface area contributed by atoms with Crippen molar-refractivity contribution in [3.05, 3.63) is 35.9 Å². The van der Waals surface area contributed by atoms with Gasteiger partial charge in [0.2, 0.25) is 0 Å². The molecule has 2 bridgehead atoms. The van der Waals surface area contributed by atoms with Crippen molar-refractivity contribution < 1.29 is 19.1 Å². The zero-order valence-electron chi connectivity index (χ0n) is 13.5. The van der Waals surface area contributed by atoms with Gasteiger partial charge in [0.05, 0.1) is 25.7 Å². The molecule has 0 amide bonds. The standard InChI is InChI=1S/C18H25ClNO3/c1-20(12-19)14-7-8-15(20)10-16(9-14)23-18(22)17(11-21)13-5-3-2-4-6-13/h2-6,14-17,21H,7-12H2,1H3/q+1/t14-,15+,16?,17-,20?/m1/s1. The number of carbonyl (C=O) groups excluding carboxylic acids is 1. The minimum absolute atomic E-state index is 0.0489. The van der Waals surface area contributed by atoms with Crippen LogP contribution in [-0.4, -0.2) is 53.4 Å².